The van der Waals surface area contributed by atoms with Gasteiger partial charge in [0.15, 0.2) is 0 Å². The second-order valence-corrected chi connectivity index (χ2v) is 8.54. The third-order valence-electron chi connectivity index (χ3n) is 4.74. The van der Waals surface area contributed by atoms with Crippen LogP contribution in [0.4, 0.5) is 11.4 Å². The van der Waals surface area contributed by atoms with Crippen molar-refractivity contribution >= 4 is 32.2 Å². The zero-order valence-electron chi connectivity index (χ0n) is 16.2. The molecule has 0 saturated heterocycles. The molecular weight excluding hydrogens is 420 g/mol. The standard InChI is InChI=1S/C21H16N4O5S/c1-13-6-9-15(10-7-13)31(29,30)24-18-11-8-14(12-19(18)25(27)28)20-16-4-2-3-5-17(16)21(26)23-22-20/h2-12,24H,1H3,(H,23,26). The van der Waals surface area contributed by atoms with Crippen LogP contribution >= 0.6 is 0 Å². The largest absolute Gasteiger partial charge is 0.293 e. The lowest BCUT2D eigenvalue weighted by Gasteiger charge is -2.11. The first-order chi connectivity index (χ1) is 14.8. The molecule has 4 rings (SSSR count). The molecule has 1 aromatic heterocycles. The highest BCUT2D eigenvalue weighted by Gasteiger charge is 2.22. The van der Waals surface area contributed by atoms with Gasteiger partial charge >= 0.3 is 0 Å². The lowest BCUT2D eigenvalue weighted by atomic mass is 10.0. The highest BCUT2D eigenvalue weighted by Crippen LogP contribution is 2.33. The summed E-state index contributed by atoms with van der Waals surface area (Å²) in [6, 6.07) is 16.9. The van der Waals surface area contributed by atoms with Crippen LogP contribution in [0.15, 0.2) is 76.4 Å². The maximum atomic E-state index is 12.7. The third-order valence-corrected chi connectivity index (χ3v) is 6.12. The minimum absolute atomic E-state index is 0.00947. The van der Waals surface area contributed by atoms with E-state index >= 15 is 0 Å². The number of nitro groups is 1. The third kappa shape index (κ3) is 3.88. The second kappa shape index (κ2) is 7.65. The van der Waals surface area contributed by atoms with Gasteiger partial charge in [0, 0.05) is 17.0 Å². The fourth-order valence-corrected chi connectivity index (χ4v) is 4.25. The summed E-state index contributed by atoms with van der Waals surface area (Å²) in [5.41, 5.74) is 0.586. The van der Waals surface area contributed by atoms with E-state index in [2.05, 4.69) is 14.9 Å². The summed E-state index contributed by atoms with van der Waals surface area (Å²) in [6.45, 7) is 1.82. The van der Waals surface area contributed by atoms with E-state index in [-0.39, 0.29) is 16.1 Å². The van der Waals surface area contributed by atoms with Crippen LogP contribution in [0.2, 0.25) is 0 Å². The molecule has 0 spiro atoms. The van der Waals surface area contributed by atoms with Crippen LogP contribution in [0.5, 0.6) is 0 Å². The van der Waals surface area contributed by atoms with E-state index < -0.39 is 20.6 Å². The Morgan fingerprint density at radius 3 is 2.35 bits per heavy atom. The molecule has 10 heteroatoms. The number of nitro benzene ring substituents is 1. The second-order valence-electron chi connectivity index (χ2n) is 6.85. The Morgan fingerprint density at radius 2 is 1.68 bits per heavy atom. The number of rotatable bonds is 5. The Balaban J connectivity index is 1.80. The van der Waals surface area contributed by atoms with E-state index in [1.807, 2.05) is 6.92 Å². The molecular formula is C21H16N4O5S. The number of aryl methyl sites for hydroxylation is 1. The molecule has 31 heavy (non-hydrogen) atoms. The van der Waals surface area contributed by atoms with Crippen molar-refractivity contribution in [2.24, 2.45) is 0 Å². The Hall–Kier alpha value is -4.05. The number of fused-ring (bicyclic) bond motifs is 1. The SMILES string of the molecule is Cc1ccc(S(=O)(=O)Nc2ccc(-c3n[nH]c(=O)c4ccccc34)cc2[N+](=O)[O-])cc1. The van der Waals surface area contributed by atoms with Crippen LogP contribution in [0, 0.1) is 17.0 Å². The minimum atomic E-state index is -4.02. The van der Waals surface area contributed by atoms with Gasteiger partial charge in [0.25, 0.3) is 21.3 Å². The zero-order valence-corrected chi connectivity index (χ0v) is 17.0. The van der Waals surface area contributed by atoms with Crippen molar-refractivity contribution in [3.63, 3.8) is 0 Å². The highest BCUT2D eigenvalue weighted by atomic mass is 32.2. The number of nitrogens with one attached hydrogen (secondary N) is 2. The van der Waals surface area contributed by atoms with Crippen LogP contribution < -0.4 is 10.3 Å². The zero-order chi connectivity index (χ0) is 22.2. The summed E-state index contributed by atoms with van der Waals surface area (Å²) in [6.07, 6.45) is 0. The Labute approximate surface area is 176 Å². The summed E-state index contributed by atoms with van der Waals surface area (Å²) in [5, 5.41) is 19.0. The summed E-state index contributed by atoms with van der Waals surface area (Å²) in [7, 11) is -4.02. The molecule has 0 aliphatic carbocycles. The molecule has 0 amide bonds. The van der Waals surface area contributed by atoms with Crippen molar-refractivity contribution in [1.29, 1.82) is 0 Å². The van der Waals surface area contributed by atoms with Crippen LogP contribution in [-0.4, -0.2) is 23.5 Å². The molecule has 0 saturated carbocycles. The van der Waals surface area contributed by atoms with E-state index in [1.165, 1.54) is 30.3 Å². The summed E-state index contributed by atoms with van der Waals surface area (Å²) in [5.74, 6) is 0. The molecule has 156 valence electrons. The smallest absolute Gasteiger partial charge is 0.273 e. The van der Waals surface area contributed by atoms with Gasteiger partial charge in [-0.3, -0.25) is 19.6 Å². The van der Waals surface area contributed by atoms with Gasteiger partial charge < -0.3 is 0 Å². The van der Waals surface area contributed by atoms with Crippen molar-refractivity contribution in [3.05, 3.63) is 92.8 Å². The van der Waals surface area contributed by atoms with Crippen LogP contribution in [-0.2, 0) is 10.0 Å². The monoisotopic (exact) mass is 436 g/mol. The van der Waals surface area contributed by atoms with Crippen LogP contribution in [0.25, 0.3) is 22.0 Å². The lowest BCUT2D eigenvalue weighted by Crippen LogP contribution is -2.14. The summed E-state index contributed by atoms with van der Waals surface area (Å²) < 4.78 is 27.6. The predicted octanol–water partition coefficient (Wildman–Crippen LogP) is 3.61. The first-order valence-corrected chi connectivity index (χ1v) is 10.6. The minimum Gasteiger partial charge on any atom is -0.273 e. The van der Waals surface area contributed by atoms with Gasteiger partial charge in [-0.2, -0.15) is 5.10 Å². The molecule has 0 aliphatic heterocycles. The average molecular weight is 436 g/mol. The number of benzene rings is 3. The van der Waals surface area contributed by atoms with Crippen LogP contribution in [0.3, 0.4) is 0 Å². The fourth-order valence-electron chi connectivity index (χ4n) is 3.17. The van der Waals surface area contributed by atoms with Crippen molar-refractivity contribution < 1.29 is 13.3 Å². The first kappa shape index (κ1) is 20.2. The maximum absolute atomic E-state index is 12.7. The Kier molecular flexibility index (Phi) is 4.99. The average Bonchev–Trinajstić information content (AvgIpc) is 2.74. The van der Waals surface area contributed by atoms with E-state index in [0.717, 1.165) is 5.56 Å². The number of aromatic amines is 1. The van der Waals surface area contributed by atoms with Crippen molar-refractivity contribution in [1.82, 2.24) is 10.2 Å². The maximum Gasteiger partial charge on any atom is 0.293 e. The molecule has 3 aromatic carbocycles. The number of aromatic nitrogens is 2. The number of hydrogen-bond donors (Lipinski definition) is 2. The normalized spacial score (nSPS) is 11.4. The van der Waals surface area contributed by atoms with E-state index in [9.17, 15) is 23.3 Å². The van der Waals surface area contributed by atoms with Gasteiger partial charge in [0.2, 0.25) is 0 Å². The Bertz CT molecular complexity index is 1480. The molecule has 4 aromatic rings. The molecule has 0 bridgehead atoms. The van der Waals surface area contributed by atoms with Gasteiger partial charge in [0.1, 0.15) is 5.69 Å². The predicted molar refractivity (Wildman–Crippen MR) is 116 cm³/mol. The van der Waals surface area contributed by atoms with Crippen LogP contribution in [0.1, 0.15) is 5.56 Å². The quantitative estimate of drug-likeness (QED) is 0.362. The lowest BCUT2D eigenvalue weighted by molar-refractivity contribution is -0.383. The van der Waals surface area contributed by atoms with Gasteiger partial charge in [-0.15, -0.1) is 0 Å². The Morgan fingerprint density at radius 1 is 1.00 bits per heavy atom. The molecule has 0 atom stereocenters. The van der Waals surface area contributed by atoms with Crippen molar-refractivity contribution in [2.75, 3.05) is 4.72 Å². The summed E-state index contributed by atoms with van der Waals surface area (Å²) in [4.78, 5) is 23.0. The molecule has 1 heterocycles. The summed E-state index contributed by atoms with van der Waals surface area (Å²) >= 11 is 0. The number of nitrogens with zero attached hydrogens (tertiary/aromatic N) is 2. The molecule has 0 unspecified atom stereocenters. The van der Waals surface area contributed by atoms with Gasteiger partial charge in [-0.25, -0.2) is 13.5 Å². The molecule has 0 fully saturated rings. The van der Waals surface area contributed by atoms with Crippen molar-refractivity contribution in [2.45, 2.75) is 11.8 Å². The topological polar surface area (TPSA) is 135 Å². The number of H-pyrrole nitrogens is 1. The van der Waals surface area contributed by atoms with E-state index in [4.69, 9.17) is 0 Å². The number of hydrogen-bond acceptors (Lipinski definition) is 6. The molecule has 9 nitrogen and oxygen atoms in total. The number of anilines is 1. The van der Waals surface area contributed by atoms with Gasteiger partial charge in [0.05, 0.1) is 20.9 Å². The number of sulfonamides is 1. The van der Waals surface area contributed by atoms with Crippen molar-refractivity contribution in [3.8, 4) is 11.3 Å². The molecule has 0 radical (unpaired) electrons. The van der Waals surface area contributed by atoms with Gasteiger partial charge in [-0.05, 0) is 31.2 Å². The fraction of sp³-hybridized carbons (Fsp3) is 0.0476. The first-order valence-electron chi connectivity index (χ1n) is 9.12. The molecule has 2 N–H and O–H groups in total. The van der Waals surface area contributed by atoms with E-state index in [1.54, 1.807) is 36.4 Å². The highest BCUT2D eigenvalue weighted by molar-refractivity contribution is 7.92. The van der Waals surface area contributed by atoms with Gasteiger partial charge in [-0.1, -0.05) is 42.0 Å². The van der Waals surface area contributed by atoms with E-state index in [0.29, 0.717) is 22.0 Å². The molecule has 0 aliphatic rings.